The molecule has 0 saturated carbocycles. The van der Waals surface area contributed by atoms with Gasteiger partial charge in [-0.2, -0.15) is 4.68 Å². The van der Waals surface area contributed by atoms with E-state index in [-0.39, 0.29) is 6.42 Å². The number of carbonyl (C=O) groups is 2. The van der Waals surface area contributed by atoms with E-state index in [0.29, 0.717) is 13.1 Å². The maximum absolute atomic E-state index is 12.3. The standard InChI is InChI=1S/C12H20N4O5S/c1-5-9(10(17)21-4)22(19,20)11-13-8-16(14-11)12(18)15(6-2)7-3/h8-9H,5-7H2,1-4H3. The number of aromatic nitrogens is 3. The first-order valence-corrected chi connectivity index (χ1v) is 8.40. The SMILES string of the molecule is CCC(C(=O)OC)S(=O)(=O)c1ncn(C(=O)N(CC)CC)n1. The van der Waals surface area contributed by atoms with Gasteiger partial charge in [-0.3, -0.25) is 4.79 Å². The van der Waals surface area contributed by atoms with Crippen LogP contribution in [0, 0.1) is 0 Å². The fourth-order valence-corrected chi connectivity index (χ4v) is 3.32. The molecule has 22 heavy (non-hydrogen) atoms. The molecule has 0 radical (unpaired) electrons. The second-order valence-electron chi connectivity index (χ2n) is 4.39. The number of methoxy groups -OCH3 is 1. The lowest BCUT2D eigenvalue weighted by molar-refractivity contribution is -0.140. The molecule has 1 amide bonds. The highest BCUT2D eigenvalue weighted by Gasteiger charge is 2.36. The number of rotatable bonds is 6. The largest absolute Gasteiger partial charge is 0.468 e. The first-order valence-electron chi connectivity index (χ1n) is 6.86. The summed E-state index contributed by atoms with van der Waals surface area (Å²) in [6, 6.07) is -0.481. The molecule has 0 aliphatic heterocycles. The number of sulfone groups is 1. The van der Waals surface area contributed by atoms with Gasteiger partial charge in [0.05, 0.1) is 7.11 Å². The molecule has 10 heteroatoms. The quantitative estimate of drug-likeness (QED) is 0.689. The highest BCUT2D eigenvalue weighted by Crippen LogP contribution is 2.15. The second kappa shape index (κ2) is 7.34. The van der Waals surface area contributed by atoms with Crippen molar-refractivity contribution in [3.05, 3.63) is 6.33 Å². The smallest absolute Gasteiger partial charge is 0.346 e. The highest BCUT2D eigenvalue weighted by molar-refractivity contribution is 7.92. The van der Waals surface area contributed by atoms with Crippen LogP contribution in [0.2, 0.25) is 0 Å². The first kappa shape index (κ1) is 18.1. The predicted octanol–water partition coefficient (Wildman–Crippen LogP) is 0.313. The number of hydrogen-bond acceptors (Lipinski definition) is 7. The monoisotopic (exact) mass is 332 g/mol. The Morgan fingerprint density at radius 3 is 2.36 bits per heavy atom. The Morgan fingerprint density at radius 2 is 1.91 bits per heavy atom. The lowest BCUT2D eigenvalue weighted by Gasteiger charge is -2.17. The van der Waals surface area contributed by atoms with Crippen molar-refractivity contribution in [1.29, 1.82) is 0 Å². The Bertz CT molecular complexity index is 636. The molecule has 1 unspecified atom stereocenters. The van der Waals surface area contributed by atoms with E-state index < -0.39 is 32.2 Å². The van der Waals surface area contributed by atoms with Gasteiger partial charge in [-0.05, 0) is 20.3 Å². The maximum atomic E-state index is 12.3. The van der Waals surface area contributed by atoms with Crippen LogP contribution in [0.1, 0.15) is 27.2 Å². The molecule has 0 aliphatic carbocycles. The van der Waals surface area contributed by atoms with E-state index in [1.807, 2.05) is 0 Å². The minimum atomic E-state index is -4.10. The molecule has 1 rings (SSSR count). The van der Waals surface area contributed by atoms with Crippen molar-refractivity contribution in [3.63, 3.8) is 0 Å². The minimum Gasteiger partial charge on any atom is -0.468 e. The molecule has 0 fully saturated rings. The van der Waals surface area contributed by atoms with E-state index in [9.17, 15) is 18.0 Å². The van der Waals surface area contributed by atoms with Crippen LogP contribution in [0.25, 0.3) is 0 Å². The van der Waals surface area contributed by atoms with E-state index in [2.05, 4.69) is 14.8 Å². The van der Waals surface area contributed by atoms with Gasteiger partial charge >= 0.3 is 12.0 Å². The molecule has 0 N–H and O–H groups in total. The van der Waals surface area contributed by atoms with Gasteiger partial charge in [0.1, 0.15) is 6.33 Å². The van der Waals surface area contributed by atoms with Crippen molar-refractivity contribution in [2.24, 2.45) is 0 Å². The number of ether oxygens (including phenoxy) is 1. The van der Waals surface area contributed by atoms with Crippen molar-refractivity contribution < 1.29 is 22.7 Å². The summed E-state index contributed by atoms with van der Waals surface area (Å²) in [5.74, 6) is -0.881. The number of amides is 1. The summed E-state index contributed by atoms with van der Waals surface area (Å²) >= 11 is 0. The fourth-order valence-electron chi connectivity index (χ4n) is 1.88. The van der Waals surface area contributed by atoms with Crippen molar-refractivity contribution in [3.8, 4) is 0 Å². The van der Waals surface area contributed by atoms with Gasteiger partial charge in [0.15, 0.2) is 5.25 Å². The maximum Gasteiger partial charge on any atom is 0.346 e. The lowest BCUT2D eigenvalue weighted by atomic mass is 10.3. The molecule has 0 saturated heterocycles. The van der Waals surface area contributed by atoms with Crippen LogP contribution in [0.15, 0.2) is 11.5 Å². The average molecular weight is 332 g/mol. The number of hydrogen-bond donors (Lipinski definition) is 0. The van der Waals surface area contributed by atoms with Gasteiger partial charge in [-0.25, -0.2) is 18.2 Å². The summed E-state index contributed by atoms with van der Waals surface area (Å²) in [6.07, 6.45) is 1.05. The third-order valence-corrected chi connectivity index (χ3v) is 5.14. The van der Waals surface area contributed by atoms with Crippen molar-refractivity contribution in [2.45, 2.75) is 37.6 Å². The van der Waals surface area contributed by atoms with E-state index in [0.717, 1.165) is 18.1 Å². The molecule has 0 aromatic carbocycles. The van der Waals surface area contributed by atoms with Gasteiger partial charge < -0.3 is 9.64 Å². The van der Waals surface area contributed by atoms with Crippen LogP contribution in [-0.2, 0) is 19.4 Å². The van der Waals surface area contributed by atoms with Crippen LogP contribution >= 0.6 is 0 Å². The van der Waals surface area contributed by atoms with Crippen LogP contribution in [0.3, 0.4) is 0 Å². The zero-order chi connectivity index (χ0) is 16.9. The molecule has 124 valence electrons. The van der Waals surface area contributed by atoms with Crippen LogP contribution in [0.5, 0.6) is 0 Å². The molecular weight excluding hydrogens is 312 g/mol. The molecular formula is C12H20N4O5S. The van der Waals surface area contributed by atoms with Gasteiger partial charge in [-0.15, -0.1) is 5.10 Å². The molecule has 1 heterocycles. The van der Waals surface area contributed by atoms with Crippen molar-refractivity contribution >= 4 is 21.8 Å². The molecule has 1 atom stereocenters. The molecule has 9 nitrogen and oxygen atoms in total. The number of nitrogens with zero attached hydrogens (tertiary/aromatic N) is 4. The fraction of sp³-hybridized carbons (Fsp3) is 0.667. The Hall–Kier alpha value is -1.97. The summed E-state index contributed by atoms with van der Waals surface area (Å²) in [5, 5.41) is 1.75. The predicted molar refractivity (Wildman–Crippen MR) is 77.0 cm³/mol. The molecule has 1 aromatic rings. The Balaban J connectivity index is 3.14. The van der Waals surface area contributed by atoms with Crippen LogP contribution in [0.4, 0.5) is 4.79 Å². The Morgan fingerprint density at radius 1 is 1.32 bits per heavy atom. The molecule has 0 aliphatic rings. The zero-order valence-electron chi connectivity index (χ0n) is 13.0. The lowest BCUT2D eigenvalue weighted by Crippen LogP contribution is -2.35. The third-order valence-electron chi connectivity index (χ3n) is 3.16. The highest BCUT2D eigenvalue weighted by atomic mass is 32.2. The molecule has 1 aromatic heterocycles. The minimum absolute atomic E-state index is 0.0214. The normalized spacial score (nSPS) is 12.7. The summed E-state index contributed by atoms with van der Waals surface area (Å²) in [4.78, 5) is 28.8. The van der Waals surface area contributed by atoms with E-state index in [1.54, 1.807) is 13.8 Å². The van der Waals surface area contributed by atoms with Gasteiger partial charge in [-0.1, -0.05) is 6.92 Å². The summed E-state index contributed by atoms with van der Waals surface area (Å²) < 4.78 is 30.0. The summed E-state index contributed by atoms with van der Waals surface area (Å²) in [5.41, 5.74) is 0. The topological polar surface area (TPSA) is 111 Å². The van der Waals surface area contributed by atoms with E-state index in [1.165, 1.54) is 11.8 Å². The zero-order valence-corrected chi connectivity index (χ0v) is 13.8. The van der Waals surface area contributed by atoms with Crippen LogP contribution < -0.4 is 0 Å². The van der Waals surface area contributed by atoms with Gasteiger partial charge in [0, 0.05) is 13.1 Å². The Labute approximate surface area is 129 Å². The molecule has 0 spiro atoms. The van der Waals surface area contributed by atoms with Crippen LogP contribution in [-0.4, -0.2) is 65.5 Å². The van der Waals surface area contributed by atoms with E-state index in [4.69, 9.17) is 0 Å². The van der Waals surface area contributed by atoms with Gasteiger partial charge in [0.25, 0.3) is 5.16 Å². The summed E-state index contributed by atoms with van der Waals surface area (Å²) in [7, 11) is -3.00. The summed E-state index contributed by atoms with van der Waals surface area (Å²) in [6.45, 7) is 6.03. The Kier molecular flexibility index (Phi) is 6.03. The second-order valence-corrected chi connectivity index (χ2v) is 6.42. The van der Waals surface area contributed by atoms with E-state index >= 15 is 0 Å². The van der Waals surface area contributed by atoms with Gasteiger partial charge in [0.2, 0.25) is 9.84 Å². The first-order chi connectivity index (χ1) is 10.3. The number of carbonyl (C=O) groups excluding carboxylic acids is 2. The molecule has 0 bridgehead atoms. The third kappa shape index (κ3) is 3.43. The van der Waals surface area contributed by atoms with Crippen molar-refractivity contribution in [1.82, 2.24) is 19.7 Å². The number of esters is 1. The van der Waals surface area contributed by atoms with Crippen molar-refractivity contribution in [2.75, 3.05) is 20.2 Å². The average Bonchev–Trinajstić information content (AvgIpc) is 2.99.